The molecule has 0 spiro atoms. The number of benzene rings is 2. The highest BCUT2D eigenvalue weighted by atomic mass is 79.9. The molecule has 1 aliphatic rings. The molecule has 1 heterocycles. The summed E-state index contributed by atoms with van der Waals surface area (Å²) in [6.07, 6.45) is -0.317. The molecule has 2 aromatic rings. The normalized spacial score (nSPS) is 15.9. The van der Waals surface area contributed by atoms with E-state index in [2.05, 4.69) is 26.6 Å². The van der Waals surface area contributed by atoms with E-state index in [1.165, 1.54) is 0 Å². The second kappa shape index (κ2) is 9.87. The monoisotopic (exact) mass is 488 g/mol. The molecule has 2 amide bonds. The molecule has 0 fully saturated rings. The number of carbonyl (C=O) groups excluding carboxylic acids is 2. The molecule has 1 aliphatic heterocycles. The molecule has 1 atom stereocenters. The lowest BCUT2D eigenvalue weighted by Crippen LogP contribution is -2.45. The highest BCUT2D eigenvalue weighted by Gasteiger charge is 2.35. The van der Waals surface area contributed by atoms with Crippen molar-refractivity contribution in [1.82, 2.24) is 10.6 Å². The van der Waals surface area contributed by atoms with Crippen molar-refractivity contribution in [3.8, 4) is 11.5 Å². The van der Waals surface area contributed by atoms with Gasteiger partial charge in [-0.05, 0) is 84.2 Å². The van der Waals surface area contributed by atoms with Crippen LogP contribution < -0.4 is 20.1 Å². The molecule has 2 aromatic carbocycles. The van der Waals surface area contributed by atoms with Crippen molar-refractivity contribution in [3.05, 3.63) is 63.6 Å². The standard InChI is InChI=1S/C23H25BrN2O5/c1-5-30-18-11-8-15(12-17(18)24)21-19(22(27)31-13(2)3)20(25-23(28)26-21)14-6-9-16(29-4)10-7-14/h6-13,21H,5H2,1-4H3,(H2,25,26,28). The SMILES string of the molecule is CCOc1ccc(C2NC(=O)NC(c3ccc(OC)cc3)=C2C(=O)OC(C)C)cc1Br. The van der Waals surface area contributed by atoms with Gasteiger partial charge in [0.2, 0.25) is 0 Å². The Morgan fingerprint density at radius 2 is 1.87 bits per heavy atom. The van der Waals surface area contributed by atoms with Gasteiger partial charge < -0.3 is 24.8 Å². The Morgan fingerprint density at radius 3 is 2.45 bits per heavy atom. The van der Waals surface area contributed by atoms with E-state index in [1.807, 2.05) is 19.1 Å². The van der Waals surface area contributed by atoms with Crippen molar-refractivity contribution in [3.63, 3.8) is 0 Å². The van der Waals surface area contributed by atoms with Crippen LogP contribution in [0.4, 0.5) is 4.79 Å². The van der Waals surface area contributed by atoms with Crippen LogP contribution in [0, 0.1) is 0 Å². The fourth-order valence-corrected chi connectivity index (χ4v) is 3.78. The van der Waals surface area contributed by atoms with Gasteiger partial charge in [0.1, 0.15) is 11.5 Å². The van der Waals surface area contributed by atoms with Crippen molar-refractivity contribution in [2.45, 2.75) is 32.9 Å². The van der Waals surface area contributed by atoms with Gasteiger partial charge in [0.15, 0.2) is 0 Å². The maximum absolute atomic E-state index is 13.1. The van der Waals surface area contributed by atoms with Crippen LogP contribution in [0.5, 0.6) is 11.5 Å². The molecule has 0 bridgehead atoms. The minimum absolute atomic E-state index is 0.314. The van der Waals surface area contributed by atoms with Crippen LogP contribution in [0.3, 0.4) is 0 Å². The number of ether oxygens (including phenoxy) is 3. The first-order valence-corrected chi connectivity index (χ1v) is 10.7. The molecule has 0 saturated heterocycles. The largest absolute Gasteiger partial charge is 0.497 e. The summed E-state index contributed by atoms with van der Waals surface area (Å²) < 4.78 is 17.0. The lowest BCUT2D eigenvalue weighted by Gasteiger charge is -2.30. The van der Waals surface area contributed by atoms with Crippen molar-refractivity contribution in [1.29, 1.82) is 0 Å². The smallest absolute Gasteiger partial charge is 0.338 e. The Hall–Kier alpha value is -3.00. The van der Waals surface area contributed by atoms with Crippen molar-refractivity contribution >= 4 is 33.6 Å². The van der Waals surface area contributed by atoms with E-state index in [-0.39, 0.29) is 6.10 Å². The van der Waals surface area contributed by atoms with Crippen LogP contribution in [-0.2, 0) is 9.53 Å². The summed E-state index contributed by atoms with van der Waals surface area (Å²) in [4.78, 5) is 25.7. The van der Waals surface area contributed by atoms with Crippen LogP contribution in [0.15, 0.2) is 52.5 Å². The van der Waals surface area contributed by atoms with E-state index >= 15 is 0 Å². The molecule has 0 aromatic heterocycles. The fraction of sp³-hybridized carbons (Fsp3) is 0.304. The van der Waals surface area contributed by atoms with Gasteiger partial charge in [-0.2, -0.15) is 0 Å². The highest BCUT2D eigenvalue weighted by molar-refractivity contribution is 9.10. The van der Waals surface area contributed by atoms with Gasteiger partial charge in [-0.1, -0.05) is 6.07 Å². The Balaban J connectivity index is 2.14. The number of nitrogens with one attached hydrogen (secondary N) is 2. The highest BCUT2D eigenvalue weighted by Crippen LogP contribution is 2.36. The number of hydrogen-bond donors (Lipinski definition) is 2. The Kier molecular flexibility index (Phi) is 7.22. The first kappa shape index (κ1) is 22.7. The molecule has 31 heavy (non-hydrogen) atoms. The van der Waals surface area contributed by atoms with Gasteiger partial charge in [0.25, 0.3) is 0 Å². The van der Waals surface area contributed by atoms with Gasteiger partial charge in [-0.3, -0.25) is 0 Å². The van der Waals surface area contributed by atoms with Crippen molar-refractivity contribution in [2.24, 2.45) is 0 Å². The number of rotatable bonds is 7. The molecule has 3 rings (SSSR count). The Bertz CT molecular complexity index is 1000. The Labute approximate surface area is 189 Å². The third-order valence-electron chi connectivity index (χ3n) is 4.60. The molecule has 0 saturated carbocycles. The second-order valence-corrected chi connectivity index (χ2v) is 7.98. The zero-order chi connectivity index (χ0) is 22.5. The minimum Gasteiger partial charge on any atom is -0.497 e. The third kappa shape index (κ3) is 5.19. The molecule has 8 heteroatoms. The summed E-state index contributed by atoms with van der Waals surface area (Å²) in [6.45, 7) is 5.98. The Morgan fingerprint density at radius 1 is 1.16 bits per heavy atom. The molecular formula is C23H25BrN2O5. The first-order chi connectivity index (χ1) is 14.8. The first-order valence-electron chi connectivity index (χ1n) is 9.93. The summed E-state index contributed by atoms with van der Waals surface area (Å²) in [5.41, 5.74) is 2.09. The summed E-state index contributed by atoms with van der Waals surface area (Å²) in [7, 11) is 1.58. The zero-order valence-corrected chi connectivity index (χ0v) is 19.4. The van der Waals surface area contributed by atoms with E-state index in [0.717, 1.165) is 4.47 Å². The van der Waals surface area contributed by atoms with Gasteiger partial charge in [-0.25, -0.2) is 9.59 Å². The molecule has 7 nitrogen and oxygen atoms in total. The van der Waals surface area contributed by atoms with Crippen LogP contribution in [0.25, 0.3) is 5.70 Å². The fourth-order valence-electron chi connectivity index (χ4n) is 3.27. The summed E-state index contributed by atoms with van der Waals surface area (Å²) in [6, 6.07) is 11.4. The third-order valence-corrected chi connectivity index (χ3v) is 5.22. The average Bonchev–Trinajstić information content (AvgIpc) is 2.74. The number of halogens is 1. The van der Waals surface area contributed by atoms with Crippen LogP contribution in [-0.4, -0.2) is 31.8 Å². The van der Waals surface area contributed by atoms with Gasteiger partial charge in [-0.15, -0.1) is 0 Å². The predicted molar refractivity (Wildman–Crippen MR) is 121 cm³/mol. The van der Waals surface area contributed by atoms with Gasteiger partial charge in [0, 0.05) is 0 Å². The molecule has 1 unspecified atom stereocenters. The number of carbonyl (C=O) groups is 2. The van der Waals surface area contributed by atoms with Crippen LogP contribution >= 0.6 is 15.9 Å². The quantitative estimate of drug-likeness (QED) is 0.557. The zero-order valence-electron chi connectivity index (χ0n) is 17.8. The number of urea groups is 1. The van der Waals surface area contributed by atoms with Crippen molar-refractivity contribution < 1.29 is 23.8 Å². The van der Waals surface area contributed by atoms with E-state index in [4.69, 9.17) is 14.2 Å². The molecular weight excluding hydrogens is 464 g/mol. The molecule has 164 valence electrons. The average molecular weight is 489 g/mol. The molecule has 0 aliphatic carbocycles. The summed E-state index contributed by atoms with van der Waals surface area (Å²) >= 11 is 3.50. The van der Waals surface area contributed by atoms with Gasteiger partial charge >= 0.3 is 12.0 Å². The topological polar surface area (TPSA) is 85.9 Å². The van der Waals surface area contributed by atoms with E-state index < -0.39 is 18.0 Å². The number of esters is 1. The number of methoxy groups -OCH3 is 1. The second-order valence-electron chi connectivity index (χ2n) is 7.13. The summed E-state index contributed by atoms with van der Waals surface area (Å²) in [5.74, 6) is 0.836. The van der Waals surface area contributed by atoms with Crippen LogP contribution in [0.1, 0.15) is 37.9 Å². The predicted octanol–water partition coefficient (Wildman–Crippen LogP) is 4.57. The van der Waals surface area contributed by atoms with Crippen molar-refractivity contribution in [2.75, 3.05) is 13.7 Å². The maximum atomic E-state index is 13.1. The lowest BCUT2D eigenvalue weighted by molar-refractivity contribution is -0.143. The van der Waals surface area contributed by atoms with E-state index in [0.29, 0.717) is 40.5 Å². The number of hydrogen-bond acceptors (Lipinski definition) is 5. The lowest BCUT2D eigenvalue weighted by atomic mass is 9.92. The molecule has 2 N–H and O–H groups in total. The minimum atomic E-state index is -0.705. The number of amides is 2. The molecule has 0 radical (unpaired) electrons. The maximum Gasteiger partial charge on any atom is 0.338 e. The van der Waals surface area contributed by atoms with E-state index in [1.54, 1.807) is 51.3 Å². The van der Waals surface area contributed by atoms with Crippen LogP contribution in [0.2, 0.25) is 0 Å². The summed E-state index contributed by atoms with van der Waals surface area (Å²) in [5, 5.41) is 5.61. The van der Waals surface area contributed by atoms with Gasteiger partial charge in [0.05, 0.1) is 41.6 Å². The van der Waals surface area contributed by atoms with E-state index in [9.17, 15) is 9.59 Å².